The van der Waals surface area contributed by atoms with Crippen LogP contribution in [0.25, 0.3) is 0 Å². The maximum atomic E-state index is 12.3. The van der Waals surface area contributed by atoms with Gasteiger partial charge in [0.25, 0.3) is 0 Å². The predicted octanol–water partition coefficient (Wildman–Crippen LogP) is 22.1. The molecule has 0 saturated heterocycles. The van der Waals surface area contributed by atoms with Crippen molar-refractivity contribution in [3.05, 3.63) is 85.1 Å². The molecule has 0 aliphatic carbocycles. The highest BCUT2D eigenvalue weighted by molar-refractivity contribution is 5.70. The highest BCUT2D eigenvalue weighted by atomic mass is 16.6. The van der Waals surface area contributed by atoms with E-state index in [-0.39, 0.29) is 25.2 Å². The third-order valence-electron chi connectivity index (χ3n) is 14.2. The molecule has 0 aliphatic heterocycles. The van der Waals surface area contributed by atoms with E-state index in [0.717, 1.165) is 83.5 Å². The molecule has 5 nitrogen and oxygen atoms in total. The molecule has 0 rings (SSSR count). The summed E-state index contributed by atoms with van der Waals surface area (Å²) in [5.74, 6) is -0.591. The van der Waals surface area contributed by atoms with Gasteiger partial charge in [0.2, 0.25) is 0 Å². The average molecular weight is 1030 g/mol. The Hall–Kier alpha value is -2.92. The van der Waals surface area contributed by atoms with Gasteiger partial charge in [-0.25, -0.2) is 0 Å². The van der Waals surface area contributed by atoms with Crippen molar-refractivity contribution in [3.8, 4) is 0 Å². The Morgan fingerprint density at radius 2 is 0.581 bits per heavy atom. The van der Waals surface area contributed by atoms with Gasteiger partial charge in [0.1, 0.15) is 6.61 Å². The Labute approximate surface area is 460 Å². The van der Waals surface area contributed by atoms with E-state index in [1.165, 1.54) is 212 Å². The van der Waals surface area contributed by atoms with Gasteiger partial charge in [-0.2, -0.15) is 0 Å². The number of esters is 2. The number of aliphatic hydroxyl groups excluding tert-OH is 1. The van der Waals surface area contributed by atoms with Crippen molar-refractivity contribution in [1.82, 2.24) is 0 Å². The van der Waals surface area contributed by atoms with E-state index in [1.807, 2.05) is 0 Å². The first-order chi connectivity index (χ1) is 36.6. The van der Waals surface area contributed by atoms with Crippen LogP contribution >= 0.6 is 0 Å². The summed E-state index contributed by atoms with van der Waals surface area (Å²) in [5, 5.41) is 9.68. The van der Waals surface area contributed by atoms with Gasteiger partial charge in [-0.3, -0.25) is 9.59 Å². The molecule has 74 heavy (non-hydrogen) atoms. The van der Waals surface area contributed by atoms with Crippen LogP contribution in [0.4, 0.5) is 0 Å². The Morgan fingerprint density at radius 1 is 0.324 bits per heavy atom. The zero-order valence-electron chi connectivity index (χ0n) is 49.1. The van der Waals surface area contributed by atoms with Crippen molar-refractivity contribution in [2.75, 3.05) is 13.2 Å². The number of hydrogen-bond donors (Lipinski definition) is 1. The third-order valence-corrected chi connectivity index (χ3v) is 14.2. The van der Waals surface area contributed by atoms with Crippen molar-refractivity contribution in [2.45, 2.75) is 328 Å². The molecule has 0 heterocycles. The molecule has 0 spiro atoms. The molecule has 0 radical (unpaired) electrons. The number of ether oxygens (including phenoxy) is 2. The first-order valence-electron chi connectivity index (χ1n) is 32.1. The molecule has 0 aromatic carbocycles. The lowest BCUT2D eigenvalue weighted by molar-refractivity contribution is -0.161. The molecule has 428 valence electrons. The highest BCUT2D eigenvalue weighted by Crippen LogP contribution is 2.17. The Morgan fingerprint density at radius 3 is 0.892 bits per heavy atom. The maximum Gasteiger partial charge on any atom is 0.306 e. The van der Waals surface area contributed by atoms with E-state index in [4.69, 9.17) is 9.47 Å². The fourth-order valence-corrected chi connectivity index (χ4v) is 9.38. The van der Waals surface area contributed by atoms with Gasteiger partial charge >= 0.3 is 11.9 Å². The lowest BCUT2D eigenvalue weighted by Crippen LogP contribution is -2.28. The van der Waals surface area contributed by atoms with Crippen LogP contribution in [-0.2, 0) is 19.1 Å². The van der Waals surface area contributed by atoms with E-state index < -0.39 is 6.10 Å². The molecule has 1 atom stereocenters. The first-order valence-corrected chi connectivity index (χ1v) is 32.1. The van der Waals surface area contributed by atoms with E-state index >= 15 is 0 Å². The molecule has 5 heteroatoms. The molecule has 0 bridgehead atoms. The molecule has 0 aliphatic rings. The van der Waals surface area contributed by atoms with E-state index in [0.29, 0.717) is 12.8 Å². The smallest absolute Gasteiger partial charge is 0.306 e. The van der Waals surface area contributed by atoms with Crippen LogP contribution < -0.4 is 0 Å². The normalized spacial score (nSPS) is 12.7. The Bertz CT molecular complexity index is 1350. The van der Waals surface area contributed by atoms with Gasteiger partial charge in [-0.05, 0) is 89.9 Å². The third kappa shape index (κ3) is 61.6. The molecule has 1 N–H and O–H groups in total. The quantitative estimate of drug-likeness (QED) is 0.0373. The number of carbonyl (C=O) groups excluding carboxylic acids is 2. The number of allylic oxidation sites excluding steroid dienone is 14. The summed E-state index contributed by atoms with van der Waals surface area (Å²) >= 11 is 0. The van der Waals surface area contributed by atoms with E-state index in [2.05, 4.69) is 98.9 Å². The van der Waals surface area contributed by atoms with Crippen LogP contribution in [0.15, 0.2) is 85.1 Å². The standard InChI is InChI=1S/C69H122O5/c1-3-5-7-9-11-13-15-17-19-21-23-25-27-29-31-32-33-34-35-36-38-39-41-43-45-47-49-51-53-55-57-59-61-63-68(71)73-66-67(65-70)74-69(72)64-62-60-58-56-54-52-50-48-46-44-42-40-37-30-28-26-24-22-20-18-16-14-12-10-8-6-4-2/h6,8,12,14,18,20-21,23-24,26,30,37,42,44,67,70H,3-5,7,9-11,13,15-17,19,22,25,27-29,31-36,38-41,43,45-66H2,1-2H3/b8-6-,14-12-,20-18-,23-21-,26-24-,37-30-,44-42-. The summed E-state index contributed by atoms with van der Waals surface area (Å²) in [5.41, 5.74) is 0. The molecule has 0 aromatic heterocycles. The molecular formula is C69H122O5. The van der Waals surface area contributed by atoms with Crippen LogP contribution in [0, 0.1) is 0 Å². The SMILES string of the molecule is CC/C=C\C/C=C\C/C=C\C/C=C\C/C=C\C/C=C\CCCCCCCCCCC(=O)OC(CO)COC(=O)CCCCCCCCCCCCCCCCCCCCCCC/C=C\CCCCCCCCCC. The van der Waals surface area contributed by atoms with Gasteiger partial charge in [-0.15, -0.1) is 0 Å². The summed E-state index contributed by atoms with van der Waals surface area (Å²) in [6.45, 7) is 4.05. The van der Waals surface area contributed by atoms with Gasteiger partial charge in [0, 0.05) is 12.8 Å². The number of carbonyl (C=O) groups is 2. The number of rotatable bonds is 59. The number of aliphatic hydroxyl groups is 1. The van der Waals surface area contributed by atoms with E-state index in [1.54, 1.807) is 0 Å². The average Bonchev–Trinajstić information content (AvgIpc) is 3.40. The van der Waals surface area contributed by atoms with Crippen molar-refractivity contribution in [2.24, 2.45) is 0 Å². The summed E-state index contributed by atoms with van der Waals surface area (Å²) in [4.78, 5) is 24.6. The Balaban J connectivity index is 3.46. The van der Waals surface area contributed by atoms with Crippen LogP contribution in [0.2, 0.25) is 0 Å². The first kappa shape index (κ1) is 71.1. The molecule has 0 saturated carbocycles. The minimum absolute atomic E-state index is 0.0700. The number of hydrogen-bond acceptors (Lipinski definition) is 5. The topological polar surface area (TPSA) is 72.8 Å². The zero-order chi connectivity index (χ0) is 53.4. The second kappa shape index (κ2) is 64.4. The molecule has 0 fully saturated rings. The minimum Gasteiger partial charge on any atom is -0.462 e. The second-order valence-electron chi connectivity index (χ2n) is 21.5. The predicted molar refractivity (Wildman–Crippen MR) is 325 cm³/mol. The van der Waals surface area contributed by atoms with Gasteiger partial charge in [-0.1, -0.05) is 304 Å². The molecule has 0 aromatic rings. The minimum atomic E-state index is -0.781. The van der Waals surface area contributed by atoms with Gasteiger partial charge < -0.3 is 14.6 Å². The summed E-state index contributed by atoms with van der Waals surface area (Å²) in [6, 6.07) is 0. The van der Waals surface area contributed by atoms with Crippen LogP contribution in [0.3, 0.4) is 0 Å². The largest absolute Gasteiger partial charge is 0.462 e. The summed E-state index contributed by atoms with van der Waals surface area (Å²) < 4.78 is 10.7. The summed E-state index contributed by atoms with van der Waals surface area (Å²) in [7, 11) is 0. The monoisotopic (exact) mass is 1030 g/mol. The lowest BCUT2D eigenvalue weighted by Gasteiger charge is -2.15. The van der Waals surface area contributed by atoms with Crippen molar-refractivity contribution < 1.29 is 24.2 Å². The zero-order valence-corrected chi connectivity index (χ0v) is 49.1. The van der Waals surface area contributed by atoms with Gasteiger partial charge in [0.05, 0.1) is 6.61 Å². The second-order valence-corrected chi connectivity index (χ2v) is 21.5. The maximum absolute atomic E-state index is 12.3. The highest BCUT2D eigenvalue weighted by Gasteiger charge is 2.16. The lowest BCUT2D eigenvalue weighted by atomic mass is 10.0. The molecule has 1 unspecified atom stereocenters. The number of unbranched alkanes of at least 4 members (excludes halogenated alkanes) is 37. The van der Waals surface area contributed by atoms with E-state index in [9.17, 15) is 14.7 Å². The van der Waals surface area contributed by atoms with Crippen molar-refractivity contribution in [1.29, 1.82) is 0 Å². The fourth-order valence-electron chi connectivity index (χ4n) is 9.38. The Kier molecular flexibility index (Phi) is 61.8. The van der Waals surface area contributed by atoms with Crippen molar-refractivity contribution >= 4 is 11.9 Å². The van der Waals surface area contributed by atoms with Crippen LogP contribution in [0.5, 0.6) is 0 Å². The molecular weight excluding hydrogens is 909 g/mol. The van der Waals surface area contributed by atoms with Crippen molar-refractivity contribution in [3.63, 3.8) is 0 Å². The van der Waals surface area contributed by atoms with Gasteiger partial charge in [0.15, 0.2) is 6.10 Å². The molecule has 0 amide bonds. The fraction of sp³-hybridized carbons (Fsp3) is 0.768. The summed E-state index contributed by atoms with van der Waals surface area (Å²) in [6.07, 6.45) is 90.2. The van der Waals surface area contributed by atoms with Crippen LogP contribution in [-0.4, -0.2) is 36.4 Å². The van der Waals surface area contributed by atoms with Crippen LogP contribution in [0.1, 0.15) is 322 Å².